The summed E-state index contributed by atoms with van der Waals surface area (Å²) in [6, 6.07) is 13.5. The van der Waals surface area contributed by atoms with E-state index >= 15 is 0 Å². The lowest BCUT2D eigenvalue weighted by atomic mass is 10.1. The van der Waals surface area contributed by atoms with E-state index in [9.17, 15) is 13.2 Å². The Morgan fingerprint density at radius 3 is 2.38 bits per heavy atom. The van der Waals surface area contributed by atoms with Gasteiger partial charge in [0.15, 0.2) is 0 Å². The molecule has 0 radical (unpaired) electrons. The van der Waals surface area contributed by atoms with Crippen molar-refractivity contribution in [1.82, 2.24) is 9.78 Å². The van der Waals surface area contributed by atoms with Gasteiger partial charge >= 0.3 is 6.36 Å². The van der Waals surface area contributed by atoms with Gasteiger partial charge in [-0.3, -0.25) is 0 Å². The Hall–Kier alpha value is -2.48. The van der Waals surface area contributed by atoms with Crippen LogP contribution in [0.15, 0.2) is 53.0 Å². The summed E-state index contributed by atoms with van der Waals surface area (Å²) in [6.45, 7) is 0.798. The fourth-order valence-electron chi connectivity index (χ4n) is 2.99. The predicted molar refractivity (Wildman–Crippen MR) is 95.6 cm³/mol. The van der Waals surface area contributed by atoms with E-state index in [0.29, 0.717) is 5.69 Å². The molecular weight excluding hydrogens is 411 g/mol. The summed E-state index contributed by atoms with van der Waals surface area (Å²) in [5.41, 5.74) is 3.62. The predicted octanol–water partition coefficient (Wildman–Crippen LogP) is 5.17. The van der Waals surface area contributed by atoms with Crippen LogP contribution < -0.4 is 10.1 Å². The van der Waals surface area contributed by atoms with Crippen LogP contribution in [-0.4, -0.2) is 22.7 Å². The summed E-state index contributed by atoms with van der Waals surface area (Å²) in [6.07, 6.45) is -3.86. The number of benzene rings is 2. The summed E-state index contributed by atoms with van der Waals surface area (Å²) in [4.78, 5) is 0. The van der Waals surface area contributed by atoms with Gasteiger partial charge in [0.05, 0.1) is 11.4 Å². The van der Waals surface area contributed by atoms with Gasteiger partial charge in [-0.15, -0.1) is 13.2 Å². The maximum absolute atomic E-state index is 12.3. The van der Waals surface area contributed by atoms with Crippen LogP contribution in [0.5, 0.6) is 5.75 Å². The molecule has 2 heterocycles. The van der Waals surface area contributed by atoms with Crippen molar-refractivity contribution < 1.29 is 17.9 Å². The van der Waals surface area contributed by atoms with Gasteiger partial charge in [-0.05, 0) is 42.8 Å². The molecule has 26 heavy (non-hydrogen) atoms. The monoisotopic (exact) mass is 423 g/mol. The smallest absolute Gasteiger partial charge is 0.406 e. The third-order valence-electron chi connectivity index (χ3n) is 4.08. The number of nitrogens with zero attached hydrogens (tertiary/aromatic N) is 2. The van der Waals surface area contributed by atoms with Crippen molar-refractivity contribution in [1.29, 1.82) is 0 Å². The largest absolute Gasteiger partial charge is 0.573 e. The minimum Gasteiger partial charge on any atom is -0.406 e. The maximum atomic E-state index is 12.3. The molecule has 1 N–H and O–H groups in total. The summed E-state index contributed by atoms with van der Waals surface area (Å²) in [7, 11) is 0. The summed E-state index contributed by atoms with van der Waals surface area (Å²) in [5, 5.41) is 7.98. The molecule has 4 nitrogen and oxygen atoms in total. The first-order chi connectivity index (χ1) is 12.4. The SMILES string of the molecule is FC(F)(F)Oc1ccc(-n2nc(-c3ccc(Br)cc3)c3c2NCC3)cc1. The van der Waals surface area contributed by atoms with E-state index in [4.69, 9.17) is 0 Å². The normalized spacial score (nSPS) is 13.4. The molecule has 1 aliphatic rings. The highest BCUT2D eigenvalue weighted by Crippen LogP contribution is 2.35. The zero-order valence-corrected chi connectivity index (χ0v) is 14.9. The van der Waals surface area contributed by atoms with Crippen LogP contribution in [0.4, 0.5) is 19.0 Å². The van der Waals surface area contributed by atoms with E-state index in [-0.39, 0.29) is 5.75 Å². The van der Waals surface area contributed by atoms with Crippen LogP contribution in [0, 0.1) is 0 Å². The van der Waals surface area contributed by atoms with Gasteiger partial charge in [0, 0.05) is 22.1 Å². The van der Waals surface area contributed by atoms with E-state index in [2.05, 4.69) is 31.1 Å². The molecule has 0 fully saturated rings. The number of nitrogens with one attached hydrogen (secondary N) is 1. The van der Waals surface area contributed by atoms with Gasteiger partial charge < -0.3 is 10.1 Å². The van der Waals surface area contributed by atoms with Crippen LogP contribution >= 0.6 is 15.9 Å². The van der Waals surface area contributed by atoms with Gasteiger partial charge in [0.1, 0.15) is 11.6 Å². The van der Waals surface area contributed by atoms with Crippen molar-refractivity contribution in [3.63, 3.8) is 0 Å². The molecule has 0 aliphatic carbocycles. The Morgan fingerprint density at radius 2 is 1.73 bits per heavy atom. The molecule has 134 valence electrons. The first-order valence-corrected chi connectivity index (χ1v) is 8.68. The van der Waals surface area contributed by atoms with Crippen LogP contribution in [0.1, 0.15) is 5.56 Å². The lowest BCUT2D eigenvalue weighted by Crippen LogP contribution is -2.17. The Kier molecular flexibility index (Phi) is 4.14. The number of fused-ring (bicyclic) bond motifs is 1. The topological polar surface area (TPSA) is 39.1 Å². The van der Waals surface area contributed by atoms with E-state index in [1.807, 2.05) is 24.3 Å². The number of anilines is 1. The van der Waals surface area contributed by atoms with E-state index in [1.54, 1.807) is 16.8 Å². The second-order valence-corrected chi connectivity index (χ2v) is 6.73. The number of hydrogen-bond acceptors (Lipinski definition) is 3. The highest BCUT2D eigenvalue weighted by Gasteiger charge is 2.31. The van der Waals surface area contributed by atoms with Gasteiger partial charge in [-0.2, -0.15) is 5.10 Å². The summed E-state index contributed by atoms with van der Waals surface area (Å²) in [5.74, 6) is 0.610. The van der Waals surface area contributed by atoms with Gasteiger partial charge in [0.2, 0.25) is 0 Å². The quantitative estimate of drug-likeness (QED) is 0.631. The number of rotatable bonds is 3. The zero-order chi connectivity index (χ0) is 18.3. The molecule has 2 aromatic carbocycles. The van der Waals surface area contributed by atoms with E-state index in [1.165, 1.54) is 12.1 Å². The minimum absolute atomic E-state index is 0.258. The molecule has 0 spiro atoms. The second-order valence-electron chi connectivity index (χ2n) is 5.81. The first kappa shape index (κ1) is 17.0. The van der Waals surface area contributed by atoms with Crippen molar-refractivity contribution in [3.8, 4) is 22.7 Å². The molecule has 0 atom stereocenters. The number of halogens is 4. The van der Waals surface area contributed by atoms with Crippen molar-refractivity contribution in [3.05, 3.63) is 58.6 Å². The third kappa shape index (κ3) is 3.29. The van der Waals surface area contributed by atoms with E-state index < -0.39 is 6.36 Å². The fourth-order valence-corrected chi connectivity index (χ4v) is 3.25. The molecular formula is C18H13BrF3N3O. The molecule has 8 heteroatoms. The summed E-state index contributed by atoms with van der Waals surface area (Å²) >= 11 is 3.42. The molecule has 0 saturated carbocycles. The maximum Gasteiger partial charge on any atom is 0.573 e. The number of ether oxygens (including phenoxy) is 1. The highest BCUT2D eigenvalue weighted by atomic mass is 79.9. The molecule has 0 amide bonds. The Balaban J connectivity index is 1.71. The molecule has 1 aliphatic heterocycles. The standard InChI is InChI=1S/C18H13BrF3N3O/c19-12-3-1-11(2-4-12)16-15-9-10-23-17(15)25(24-16)13-5-7-14(8-6-13)26-18(20,21)22/h1-8,23H,9-10H2. The molecule has 4 rings (SSSR count). The van der Waals surface area contributed by atoms with Crippen molar-refractivity contribution in [2.24, 2.45) is 0 Å². The van der Waals surface area contributed by atoms with Crippen LogP contribution in [0.3, 0.4) is 0 Å². The second kappa shape index (κ2) is 6.35. The average Bonchev–Trinajstić information content (AvgIpc) is 3.18. The van der Waals surface area contributed by atoms with Crippen LogP contribution in [0.25, 0.3) is 16.9 Å². The van der Waals surface area contributed by atoms with Crippen molar-refractivity contribution in [2.45, 2.75) is 12.8 Å². The number of alkyl halides is 3. The lowest BCUT2D eigenvalue weighted by Gasteiger charge is -2.10. The molecule has 0 unspecified atom stereocenters. The van der Waals surface area contributed by atoms with Gasteiger partial charge in [-0.25, -0.2) is 4.68 Å². The van der Waals surface area contributed by atoms with Crippen molar-refractivity contribution in [2.75, 3.05) is 11.9 Å². The van der Waals surface area contributed by atoms with Crippen LogP contribution in [0.2, 0.25) is 0 Å². The average molecular weight is 424 g/mol. The van der Waals surface area contributed by atoms with Crippen molar-refractivity contribution >= 4 is 21.7 Å². The number of aromatic nitrogens is 2. The Labute approximate surface area is 155 Å². The molecule has 1 aromatic heterocycles. The Bertz CT molecular complexity index is 934. The van der Waals surface area contributed by atoms with Gasteiger partial charge in [0.25, 0.3) is 0 Å². The molecule has 0 saturated heterocycles. The Morgan fingerprint density at radius 1 is 1.04 bits per heavy atom. The molecule has 0 bridgehead atoms. The third-order valence-corrected chi connectivity index (χ3v) is 4.61. The van der Waals surface area contributed by atoms with Gasteiger partial charge in [-0.1, -0.05) is 28.1 Å². The zero-order valence-electron chi connectivity index (χ0n) is 13.3. The summed E-state index contributed by atoms with van der Waals surface area (Å²) < 4.78 is 43.6. The molecule has 3 aromatic rings. The minimum atomic E-state index is -4.70. The van der Waals surface area contributed by atoms with Crippen LogP contribution in [-0.2, 0) is 6.42 Å². The highest BCUT2D eigenvalue weighted by molar-refractivity contribution is 9.10. The van der Waals surface area contributed by atoms with E-state index in [0.717, 1.165) is 40.1 Å². The fraction of sp³-hybridized carbons (Fsp3) is 0.167. The number of hydrogen-bond donors (Lipinski definition) is 1. The first-order valence-electron chi connectivity index (χ1n) is 7.88. The lowest BCUT2D eigenvalue weighted by molar-refractivity contribution is -0.274.